The van der Waals surface area contributed by atoms with Crippen molar-refractivity contribution in [3.63, 3.8) is 0 Å². The van der Waals surface area contributed by atoms with Crippen molar-refractivity contribution in [1.82, 2.24) is 5.43 Å². The second kappa shape index (κ2) is 9.20. The first-order valence-corrected chi connectivity index (χ1v) is 9.62. The zero-order valence-corrected chi connectivity index (χ0v) is 17.1. The normalized spacial score (nSPS) is 11.4. The first kappa shape index (κ1) is 20.3. The van der Waals surface area contributed by atoms with Crippen LogP contribution in [0.25, 0.3) is 11.1 Å². The third-order valence-corrected chi connectivity index (χ3v) is 4.51. The van der Waals surface area contributed by atoms with Crippen LogP contribution in [0.15, 0.2) is 84.0 Å². The monoisotopic (exact) mass is 386 g/mol. The van der Waals surface area contributed by atoms with Crippen LogP contribution in [0.4, 0.5) is 0 Å². The Morgan fingerprint density at radius 2 is 1.52 bits per heavy atom. The van der Waals surface area contributed by atoms with Crippen LogP contribution in [0.3, 0.4) is 0 Å². The van der Waals surface area contributed by atoms with Crippen LogP contribution in [0.2, 0.25) is 0 Å². The second-order valence-electron chi connectivity index (χ2n) is 7.84. The Balaban J connectivity index is 1.47. The maximum atomic E-state index is 11.9. The van der Waals surface area contributed by atoms with Crippen molar-refractivity contribution in [3.05, 3.63) is 90.0 Å². The largest absolute Gasteiger partial charge is 0.484 e. The molecule has 0 fully saturated rings. The molecular weight excluding hydrogens is 360 g/mol. The molecule has 0 radical (unpaired) electrons. The van der Waals surface area contributed by atoms with E-state index in [-0.39, 0.29) is 17.9 Å². The van der Waals surface area contributed by atoms with Crippen molar-refractivity contribution in [2.45, 2.75) is 26.2 Å². The number of hydrazone groups is 1. The first-order chi connectivity index (χ1) is 13.9. The van der Waals surface area contributed by atoms with Crippen LogP contribution in [0, 0.1) is 0 Å². The molecule has 0 unspecified atom stereocenters. The summed E-state index contributed by atoms with van der Waals surface area (Å²) in [7, 11) is 0. The molecule has 0 aliphatic carbocycles. The van der Waals surface area contributed by atoms with Crippen LogP contribution in [-0.4, -0.2) is 18.7 Å². The number of carbonyl (C=O) groups excluding carboxylic acids is 1. The summed E-state index contributed by atoms with van der Waals surface area (Å²) in [5, 5.41) is 3.99. The van der Waals surface area contributed by atoms with E-state index in [0.29, 0.717) is 5.75 Å². The molecular formula is C25H26N2O2. The predicted molar refractivity (Wildman–Crippen MR) is 118 cm³/mol. The summed E-state index contributed by atoms with van der Waals surface area (Å²) in [6.45, 7) is 6.42. The Morgan fingerprint density at radius 3 is 2.14 bits per heavy atom. The fourth-order valence-electron chi connectivity index (χ4n) is 2.80. The molecule has 3 aromatic carbocycles. The molecule has 0 heterocycles. The van der Waals surface area contributed by atoms with E-state index in [2.05, 4.69) is 55.6 Å². The summed E-state index contributed by atoms with van der Waals surface area (Å²) >= 11 is 0. The Hall–Kier alpha value is -3.40. The number of hydrogen-bond donors (Lipinski definition) is 1. The molecule has 4 heteroatoms. The molecule has 0 spiro atoms. The second-order valence-corrected chi connectivity index (χ2v) is 7.84. The molecule has 0 saturated carbocycles. The minimum atomic E-state index is -0.306. The number of rotatable bonds is 6. The van der Waals surface area contributed by atoms with E-state index in [4.69, 9.17) is 4.74 Å². The predicted octanol–water partition coefficient (Wildman–Crippen LogP) is 5.18. The van der Waals surface area contributed by atoms with Crippen LogP contribution >= 0.6 is 0 Å². The van der Waals surface area contributed by atoms with Gasteiger partial charge >= 0.3 is 0 Å². The number of carbonyl (C=O) groups is 1. The Bertz CT molecular complexity index is 954. The number of amides is 1. The number of ether oxygens (including phenoxy) is 1. The van der Waals surface area contributed by atoms with Crippen molar-refractivity contribution >= 4 is 12.1 Å². The molecule has 3 aromatic rings. The van der Waals surface area contributed by atoms with Gasteiger partial charge in [0.25, 0.3) is 5.91 Å². The third kappa shape index (κ3) is 6.04. The number of hydrogen-bond acceptors (Lipinski definition) is 3. The van der Waals surface area contributed by atoms with Crippen LogP contribution in [0.1, 0.15) is 31.9 Å². The van der Waals surface area contributed by atoms with E-state index >= 15 is 0 Å². The molecule has 1 N–H and O–H groups in total. The molecule has 0 aromatic heterocycles. The molecule has 1 amide bonds. The number of nitrogens with zero attached hydrogens (tertiary/aromatic N) is 1. The lowest BCUT2D eigenvalue weighted by atomic mass is 9.87. The third-order valence-electron chi connectivity index (χ3n) is 4.51. The van der Waals surface area contributed by atoms with Gasteiger partial charge in [0.05, 0.1) is 6.21 Å². The van der Waals surface area contributed by atoms with E-state index in [1.807, 2.05) is 54.6 Å². The Kier molecular flexibility index (Phi) is 6.45. The SMILES string of the molecule is CC(C)(C)c1ccc(C=NNC(=O)COc2ccc(-c3ccccc3)cc2)cc1. The zero-order valence-electron chi connectivity index (χ0n) is 17.1. The van der Waals surface area contributed by atoms with Gasteiger partial charge in [0.1, 0.15) is 5.75 Å². The molecule has 4 nitrogen and oxygen atoms in total. The van der Waals surface area contributed by atoms with Gasteiger partial charge in [0, 0.05) is 0 Å². The van der Waals surface area contributed by atoms with Crippen molar-refractivity contribution in [2.24, 2.45) is 5.10 Å². The molecule has 0 saturated heterocycles. The minimum absolute atomic E-state index is 0.0923. The van der Waals surface area contributed by atoms with Crippen LogP contribution < -0.4 is 10.2 Å². The Labute approximate surface area is 172 Å². The lowest BCUT2D eigenvalue weighted by molar-refractivity contribution is -0.123. The number of benzene rings is 3. The highest BCUT2D eigenvalue weighted by molar-refractivity contribution is 5.83. The minimum Gasteiger partial charge on any atom is -0.484 e. The summed E-state index contributed by atoms with van der Waals surface area (Å²) in [5.41, 5.74) is 7.02. The van der Waals surface area contributed by atoms with Crippen LogP contribution in [0.5, 0.6) is 5.75 Å². The smallest absolute Gasteiger partial charge is 0.277 e. The number of nitrogens with one attached hydrogen (secondary N) is 1. The van der Waals surface area contributed by atoms with Crippen molar-refractivity contribution < 1.29 is 9.53 Å². The van der Waals surface area contributed by atoms with Crippen molar-refractivity contribution in [2.75, 3.05) is 6.61 Å². The van der Waals surface area contributed by atoms with Gasteiger partial charge in [-0.15, -0.1) is 0 Å². The fraction of sp³-hybridized carbons (Fsp3) is 0.200. The molecule has 0 aliphatic heterocycles. The molecule has 3 rings (SSSR count). The van der Waals surface area contributed by atoms with E-state index in [9.17, 15) is 4.79 Å². The molecule has 148 valence electrons. The molecule has 0 atom stereocenters. The summed E-state index contributed by atoms with van der Waals surface area (Å²) in [5.74, 6) is 0.335. The van der Waals surface area contributed by atoms with Gasteiger partial charge in [-0.2, -0.15) is 5.10 Å². The van der Waals surface area contributed by atoms with E-state index in [1.165, 1.54) is 5.56 Å². The summed E-state index contributed by atoms with van der Waals surface area (Å²) < 4.78 is 5.53. The maximum absolute atomic E-state index is 11.9. The van der Waals surface area contributed by atoms with Crippen LogP contribution in [-0.2, 0) is 10.2 Å². The lowest BCUT2D eigenvalue weighted by Crippen LogP contribution is -2.24. The standard InChI is InChI=1S/C25H26N2O2/c1-25(2,3)22-13-9-19(10-14-22)17-26-27-24(28)18-29-23-15-11-21(12-16-23)20-7-5-4-6-8-20/h4-17H,18H2,1-3H3,(H,27,28). The van der Waals surface area contributed by atoms with Crippen molar-refractivity contribution in [1.29, 1.82) is 0 Å². The highest BCUT2D eigenvalue weighted by Crippen LogP contribution is 2.22. The highest BCUT2D eigenvalue weighted by atomic mass is 16.5. The topological polar surface area (TPSA) is 50.7 Å². The van der Waals surface area contributed by atoms with Gasteiger partial charge < -0.3 is 4.74 Å². The van der Waals surface area contributed by atoms with Gasteiger partial charge in [-0.05, 0) is 39.8 Å². The van der Waals surface area contributed by atoms with Gasteiger partial charge in [0.15, 0.2) is 6.61 Å². The summed E-state index contributed by atoms with van der Waals surface area (Å²) in [4.78, 5) is 11.9. The van der Waals surface area contributed by atoms with E-state index < -0.39 is 0 Å². The maximum Gasteiger partial charge on any atom is 0.277 e. The highest BCUT2D eigenvalue weighted by Gasteiger charge is 2.12. The zero-order chi connectivity index (χ0) is 20.7. The van der Waals surface area contributed by atoms with Gasteiger partial charge in [-0.1, -0.05) is 87.5 Å². The quantitative estimate of drug-likeness (QED) is 0.469. The lowest BCUT2D eigenvalue weighted by Gasteiger charge is -2.18. The average Bonchev–Trinajstić information content (AvgIpc) is 2.73. The van der Waals surface area contributed by atoms with Gasteiger partial charge in [-0.3, -0.25) is 4.79 Å². The molecule has 29 heavy (non-hydrogen) atoms. The van der Waals surface area contributed by atoms with Crippen molar-refractivity contribution in [3.8, 4) is 16.9 Å². The van der Waals surface area contributed by atoms with Gasteiger partial charge in [-0.25, -0.2) is 5.43 Å². The first-order valence-electron chi connectivity index (χ1n) is 9.62. The van der Waals surface area contributed by atoms with E-state index in [1.54, 1.807) is 6.21 Å². The average molecular weight is 386 g/mol. The molecule has 0 bridgehead atoms. The molecule has 0 aliphatic rings. The summed E-state index contributed by atoms with van der Waals surface area (Å²) in [6, 6.07) is 25.9. The Morgan fingerprint density at radius 1 is 0.897 bits per heavy atom. The summed E-state index contributed by atoms with van der Waals surface area (Å²) in [6.07, 6.45) is 1.62. The van der Waals surface area contributed by atoms with Gasteiger partial charge in [0.2, 0.25) is 0 Å². The fourth-order valence-corrected chi connectivity index (χ4v) is 2.80. The van der Waals surface area contributed by atoms with E-state index in [0.717, 1.165) is 16.7 Å².